The van der Waals surface area contributed by atoms with Crippen molar-refractivity contribution in [3.05, 3.63) is 104 Å². The molecule has 1 aliphatic heterocycles. The molecule has 0 radical (unpaired) electrons. The van der Waals surface area contributed by atoms with Gasteiger partial charge >= 0.3 is 0 Å². The summed E-state index contributed by atoms with van der Waals surface area (Å²) in [4.78, 5) is 28.9. The van der Waals surface area contributed by atoms with Gasteiger partial charge in [0, 0.05) is 5.69 Å². The minimum Gasteiger partial charge on any atom is -0.497 e. The fourth-order valence-electron chi connectivity index (χ4n) is 4.30. The van der Waals surface area contributed by atoms with Crippen LogP contribution >= 0.6 is 0 Å². The van der Waals surface area contributed by atoms with Crippen LogP contribution in [-0.2, 0) is 0 Å². The van der Waals surface area contributed by atoms with Crippen molar-refractivity contribution in [1.82, 2.24) is 0 Å². The summed E-state index contributed by atoms with van der Waals surface area (Å²) >= 11 is 0. The number of ether oxygens (including phenoxy) is 1. The summed E-state index contributed by atoms with van der Waals surface area (Å²) < 4.78 is 11.4. The number of carbonyl (C=O) groups is 1. The number of carbonyl (C=O) groups excluding carboxylic acids is 1. The number of hydrogen-bond donors (Lipinski definition) is 0. The fourth-order valence-corrected chi connectivity index (χ4v) is 4.30. The van der Waals surface area contributed by atoms with Crippen LogP contribution in [0.15, 0.2) is 69.9 Å². The standard InChI is InChI=1S/C27H23NO4/c1-15-5-7-18(8-6-15)24-23-25(29)21-13-16(2)17(3)14-22(21)32-26(23)27(30)28(24)19-9-11-20(31-4)12-10-19/h5-14,24H,1-4H3. The van der Waals surface area contributed by atoms with E-state index in [9.17, 15) is 9.59 Å². The van der Waals surface area contributed by atoms with Crippen LogP contribution < -0.4 is 15.1 Å². The second-order valence-electron chi connectivity index (χ2n) is 8.29. The predicted molar refractivity (Wildman–Crippen MR) is 125 cm³/mol. The van der Waals surface area contributed by atoms with Crippen molar-refractivity contribution in [2.45, 2.75) is 26.8 Å². The number of methoxy groups -OCH3 is 1. The molecule has 160 valence electrons. The first-order valence-electron chi connectivity index (χ1n) is 10.5. The molecule has 1 atom stereocenters. The summed E-state index contributed by atoms with van der Waals surface area (Å²) in [7, 11) is 1.60. The summed E-state index contributed by atoms with van der Waals surface area (Å²) in [6, 6.07) is 18.2. The Labute approximate surface area is 185 Å². The Morgan fingerprint density at radius 2 is 1.53 bits per heavy atom. The van der Waals surface area contributed by atoms with E-state index in [1.807, 2.05) is 69.3 Å². The van der Waals surface area contributed by atoms with E-state index in [1.165, 1.54) is 0 Å². The number of rotatable bonds is 3. The highest BCUT2D eigenvalue weighted by Crippen LogP contribution is 2.41. The van der Waals surface area contributed by atoms with Gasteiger partial charge in [0.15, 0.2) is 5.43 Å². The highest BCUT2D eigenvalue weighted by atomic mass is 16.5. The molecule has 0 spiro atoms. The molecule has 1 aromatic heterocycles. The lowest BCUT2D eigenvalue weighted by atomic mass is 9.96. The average molecular weight is 425 g/mol. The van der Waals surface area contributed by atoms with Crippen LogP contribution in [0.5, 0.6) is 5.75 Å². The third kappa shape index (κ3) is 3.01. The minimum absolute atomic E-state index is 0.104. The molecule has 0 saturated heterocycles. The molecule has 0 fully saturated rings. The van der Waals surface area contributed by atoms with Crippen LogP contribution in [0.1, 0.15) is 44.4 Å². The number of hydrogen-bond acceptors (Lipinski definition) is 4. The first-order chi connectivity index (χ1) is 15.4. The molecule has 0 N–H and O–H groups in total. The lowest BCUT2D eigenvalue weighted by Gasteiger charge is -2.25. The zero-order valence-corrected chi connectivity index (χ0v) is 18.4. The Balaban J connectivity index is 1.79. The van der Waals surface area contributed by atoms with Crippen LogP contribution in [0.25, 0.3) is 11.0 Å². The number of nitrogens with zero attached hydrogens (tertiary/aromatic N) is 1. The SMILES string of the molecule is COc1ccc(N2C(=O)c3oc4cc(C)c(C)cc4c(=O)c3C2c2ccc(C)cc2)cc1. The topological polar surface area (TPSA) is 59.8 Å². The highest BCUT2D eigenvalue weighted by molar-refractivity contribution is 6.10. The van der Waals surface area contributed by atoms with Gasteiger partial charge in [-0.05, 0) is 73.9 Å². The van der Waals surface area contributed by atoms with E-state index in [1.54, 1.807) is 24.1 Å². The maximum Gasteiger partial charge on any atom is 0.295 e. The van der Waals surface area contributed by atoms with Crippen molar-refractivity contribution in [2.24, 2.45) is 0 Å². The molecular formula is C27H23NO4. The van der Waals surface area contributed by atoms with Gasteiger partial charge in [0.05, 0.1) is 24.1 Å². The van der Waals surface area contributed by atoms with Crippen LogP contribution in [0.2, 0.25) is 0 Å². The zero-order chi connectivity index (χ0) is 22.6. The summed E-state index contributed by atoms with van der Waals surface area (Å²) in [6.45, 7) is 5.93. The Morgan fingerprint density at radius 3 is 2.19 bits per heavy atom. The van der Waals surface area contributed by atoms with Gasteiger partial charge in [0.2, 0.25) is 5.76 Å². The van der Waals surface area contributed by atoms with Crippen LogP contribution in [0.4, 0.5) is 5.69 Å². The van der Waals surface area contributed by atoms with Crippen molar-refractivity contribution >= 4 is 22.6 Å². The van der Waals surface area contributed by atoms with Gasteiger partial charge in [-0.1, -0.05) is 29.8 Å². The second kappa shape index (κ2) is 7.38. The second-order valence-corrected chi connectivity index (χ2v) is 8.29. The quantitative estimate of drug-likeness (QED) is 0.436. The van der Waals surface area contributed by atoms with E-state index < -0.39 is 6.04 Å². The normalized spacial score (nSPS) is 15.3. The smallest absolute Gasteiger partial charge is 0.295 e. The summed E-state index contributed by atoms with van der Waals surface area (Å²) in [6.07, 6.45) is 0. The Hall–Kier alpha value is -3.86. The van der Waals surface area contributed by atoms with Crippen molar-refractivity contribution in [3.8, 4) is 5.75 Å². The Kier molecular flexibility index (Phi) is 4.63. The molecule has 1 unspecified atom stereocenters. The maximum absolute atomic E-state index is 13.7. The molecule has 1 amide bonds. The molecular weight excluding hydrogens is 402 g/mol. The van der Waals surface area contributed by atoms with Gasteiger partial charge in [-0.15, -0.1) is 0 Å². The molecule has 1 aliphatic rings. The third-order valence-corrected chi connectivity index (χ3v) is 6.23. The third-order valence-electron chi connectivity index (χ3n) is 6.23. The molecule has 5 heteroatoms. The van der Waals surface area contributed by atoms with E-state index in [-0.39, 0.29) is 17.1 Å². The number of benzene rings is 3. The van der Waals surface area contributed by atoms with Gasteiger partial charge < -0.3 is 9.15 Å². The molecule has 0 aliphatic carbocycles. The monoisotopic (exact) mass is 425 g/mol. The largest absolute Gasteiger partial charge is 0.497 e. The molecule has 4 aromatic rings. The molecule has 0 saturated carbocycles. The van der Waals surface area contributed by atoms with Crippen LogP contribution in [0, 0.1) is 20.8 Å². The summed E-state index contributed by atoms with van der Waals surface area (Å²) in [5.41, 5.74) is 5.29. The first-order valence-corrected chi connectivity index (χ1v) is 10.5. The van der Waals surface area contributed by atoms with Gasteiger partial charge in [-0.25, -0.2) is 0 Å². The Bertz CT molecular complexity index is 1420. The average Bonchev–Trinajstić information content (AvgIpc) is 3.08. The number of anilines is 1. The summed E-state index contributed by atoms with van der Waals surface area (Å²) in [5.74, 6) is 0.468. The van der Waals surface area contributed by atoms with Crippen LogP contribution in [-0.4, -0.2) is 13.0 Å². The number of aryl methyl sites for hydroxylation is 3. The van der Waals surface area contributed by atoms with E-state index in [0.717, 1.165) is 22.3 Å². The molecule has 32 heavy (non-hydrogen) atoms. The van der Waals surface area contributed by atoms with Gasteiger partial charge in [0.25, 0.3) is 5.91 Å². The number of amides is 1. The minimum atomic E-state index is -0.575. The van der Waals surface area contributed by atoms with Gasteiger partial charge in [0.1, 0.15) is 11.3 Å². The van der Waals surface area contributed by atoms with E-state index >= 15 is 0 Å². The predicted octanol–water partition coefficient (Wildman–Crippen LogP) is 5.48. The van der Waals surface area contributed by atoms with Gasteiger partial charge in [-0.2, -0.15) is 0 Å². The lowest BCUT2D eigenvalue weighted by molar-refractivity contribution is 0.0971. The first kappa shape index (κ1) is 20.1. The lowest BCUT2D eigenvalue weighted by Crippen LogP contribution is -2.29. The van der Waals surface area contributed by atoms with Crippen LogP contribution in [0.3, 0.4) is 0 Å². The van der Waals surface area contributed by atoms with E-state index in [0.29, 0.717) is 28.0 Å². The molecule has 2 heterocycles. The molecule has 5 nitrogen and oxygen atoms in total. The fraction of sp³-hybridized carbons (Fsp3) is 0.185. The maximum atomic E-state index is 13.7. The van der Waals surface area contributed by atoms with Crippen molar-refractivity contribution in [1.29, 1.82) is 0 Å². The highest BCUT2D eigenvalue weighted by Gasteiger charge is 2.43. The molecule has 5 rings (SSSR count). The van der Waals surface area contributed by atoms with E-state index in [2.05, 4.69) is 0 Å². The van der Waals surface area contributed by atoms with Crippen molar-refractivity contribution < 1.29 is 13.9 Å². The van der Waals surface area contributed by atoms with Crippen molar-refractivity contribution in [3.63, 3.8) is 0 Å². The molecule has 3 aromatic carbocycles. The number of fused-ring (bicyclic) bond motifs is 2. The zero-order valence-electron chi connectivity index (χ0n) is 18.4. The van der Waals surface area contributed by atoms with E-state index in [4.69, 9.17) is 9.15 Å². The van der Waals surface area contributed by atoms with Crippen molar-refractivity contribution in [2.75, 3.05) is 12.0 Å². The molecule has 0 bridgehead atoms. The Morgan fingerprint density at radius 1 is 0.875 bits per heavy atom. The van der Waals surface area contributed by atoms with Gasteiger partial charge in [-0.3, -0.25) is 14.5 Å². The summed E-state index contributed by atoms with van der Waals surface area (Å²) in [5, 5.41) is 0.494.